The van der Waals surface area contributed by atoms with Crippen LogP contribution in [-0.2, 0) is 9.59 Å². The Hall–Kier alpha value is -0.940. The average molecular weight is 330 g/mol. The summed E-state index contributed by atoms with van der Waals surface area (Å²) in [6.07, 6.45) is 6.86. The zero-order chi connectivity index (χ0) is 17.7. The van der Waals surface area contributed by atoms with E-state index in [0.29, 0.717) is 12.8 Å². The van der Waals surface area contributed by atoms with Gasteiger partial charge in [-0.15, -0.1) is 0 Å². The summed E-state index contributed by atoms with van der Waals surface area (Å²) in [6, 6.07) is 0. The fourth-order valence-electron chi connectivity index (χ4n) is 2.78. The lowest BCUT2D eigenvalue weighted by Gasteiger charge is -2.27. The Morgan fingerprint density at radius 2 is 1.43 bits per heavy atom. The van der Waals surface area contributed by atoms with Crippen molar-refractivity contribution >= 4 is 11.8 Å². The summed E-state index contributed by atoms with van der Waals surface area (Å²) in [4.78, 5) is 23.3. The van der Waals surface area contributed by atoms with Crippen LogP contribution in [0.4, 0.5) is 0 Å². The Balaban J connectivity index is 4.52. The molecule has 2 unspecified atom stereocenters. The Kier molecular flexibility index (Phi) is 12.0. The van der Waals surface area contributed by atoms with E-state index in [-0.39, 0.29) is 12.8 Å². The number of hydrogen-bond donors (Lipinski definition) is 3. The highest BCUT2D eigenvalue weighted by molar-refractivity contribution is 5.93. The Labute approximate surface area is 140 Å². The third-order valence-electron chi connectivity index (χ3n) is 4.23. The molecule has 0 aliphatic heterocycles. The molecule has 0 spiro atoms. The smallest absolute Gasteiger partial charge is 0.306 e. The van der Waals surface area contributed by atoms with Crippen LogP contribution < -0.4 is 0 Å². The van der Waals surface area contributed by atoms with Crippen molar-refractivity contribution in [3.8, 4) is 0 Å². The van der Waals surface area contributed by atoms with Gasteiger partial charge in [-0.1, -0.05) is 71.6 Å². The first-order chi connectivity index (χ1) is 10.9. The molecule has 2 atom stereocenters. The molecule has 0 aromatic carbocycles. The van der Waals surface area contributed by atoms with E-state index >= 15 is 0 Å². The molecule has 0 fully saturated rings. The monoisotopic (exact) mass is 330 g/mol. The SMILES string of the molecule is CCCCCCCC(O)(CC(=O)O)C(=O)C(O)CCCCCC. The number of unbranched alkanes of at least 4 members (excludes halogenated alkanes) is 7. The molecular weight excluding hydrogens is 296 g/mol. The molecule has 0 heterocycles. The van der Waals surface area contributed by atoms with Gasteiger partial charge in [-0.2, -0.15) is 0 Å². The first kappa shape index (κ1) is 22.1. The molecule has 0 aromatic heterocycles. The molecule has 0 radical (unpaired) electrons. The second-order valence-corrected chi connectivity index (χ2v) is 6.50. The maximum absolute atomic E-state index is 12.3. The molecule has 5 nitrogen and oxygen atoms in total. The summed E-state index contributed by atoms with van der Waals surface area (Å²) in [6.45, 7) is 4.17. The third kappa shape index (κ3) is 9.72. The third-order valence-corrected chi connectivity index (χ3v) is 4.23. The number of hydrogen-bond acceptors (Lipinski definition) is 4. The number of Topliss-reactive ketones (excluding diaryl/α,β-unsaturated/α-hetero) is 1. The number of ketones is 1. The molecule has 136 valence electrons. The van der Waals surface area contributed by atoms with Crippen LogP contribution in [0.1, 0.15) is 90.9 Å². The highest BCUT2D eigenvalue weighted by Crippen LogP contribution is 2.24. The number of carbonyl (C=O) groups is 2. The van der Waals surface area contributed by atoms with Gasteiger partial charge >= 0.3 is 5.97 Å². The minimum atomic E-state index is -1.94. The number of carbonyl (C=O) groups excluding carboxylic acids is 1. The van der Waals surface area contributed by atoms with Crippen LogP contribution in [0.25, 0.3) is 0 Å². The number of aliphatic hydroxyl groups excluding tert-OH is 1. The van der Waals surface area contributed by atoms with Gasteiger partial charge in [0.1, 0.15) is 11.7 Å². The predicted molar refractivity (Wildman–Crippen MR) is 90.4 cm³/mol. The summed E-state index contributed by atoms with van der Waals surface area (Å²) in [5, 5.41) is 29.5. The summed E-state index contributed by atoms with van der Waals surface area (Å²) >= 11 is 0. The minimum Gasteiger partial charge on any atom is -0.481 e. The van der Waals surface area contributed by atoms with Crippen LogP contribution in [0.3, 0.4) is 0 Å². The van der Waals surface area contributed by atoms with Crippen molar-refractivity contribution < 1.29 is 24.9 Å². The van der Waals surface area contributed by atoms with Gasteiger partial charge in [0.2, 0.25) is 0 Å². The number of aliphatic hydroxyl groups is 2. The van der Waals surface area contributed by atoms with Crippen molar-refractivity contribution in [2.45, 2.75) is 103 Å². The molecule has 0 saturated carbocycles. The van der Waals surface area contributed by atoms with Crippen LogP contribution >= 0.6 is 0 Å². The predicted octanol–water partition coefficient (Wildman–Crippen LogP) is 3.45. The van der Waals surface area contributed by atoms with E-state index in [1.54, 1.807) is 0 Å². The molecule has 5 heteroatoms. The van der Waals surface area contributed by atoms with Gasteiger partial charge in [0.25, 0.3) is 0 Å². The molecule has 0 saturated heterocycles. The van der Waals surface area contributed by atoms with E-state index in [4.69, 9.17) is 5.11 Å². The van der Waals surface area contributed by atoms with Gasteiger partial charge in [-0.3, -0.25) is 9.59 Å². The zero-order valence-corrected chi connectivity index (χ0v) is 14.7. The highest BCUT2D eigenvalue weighted by atomic mass is 16.4. The van der Waals surface area contributed by atoms with E-state index in [0.717, 1.165) is 44.9 Å². The average Bonchev–Trinajstić information content (AvgIpc) is 2.49. The summed E-state index contributed by atoms with van der Waals surface area (Å²) < 4.78 is 0. The van der Waals surface area contributed by atoms with Gasteiger partial charge in [-0.05, 0) is 12.8 Å². The molecule has 23 heavy (non-hydrogen) atoms. The van der Waals surface area contributed by atoms with E-state index in [2.05, 4.69) is 13.8 Å². The number of aliphatic carboxylic acids is 1. The number of carboxylic acid groups (broad SMARTS) is 1. The lowest BCUT2D eigenvalue weighted by atomic mass is 9.84. The molecule has 0 aromatic rings. The Morgan fingerprint density at radius 3 is 1.96 bits per heavy atom. The highest BCUT2D eigenvalue weighted by Gasteiger charge is 2.40. The molecule has 0 aliphatic carbocycles. The second-order valence-electron chi connectivity index (χ2n) is 6.50. The second kappa shape index (κ2) is 12.5. The maximum atomic E-state index is 12.3. The van der Waals surface area contributed by atoms with Crippen molar-refractivity contribution in [2.75, 3.05) is 0 Å². The van der Waals surface area contributed by atoms with E-state index in [1.807, 2.05) is 0 Å². The standard InChI is InChI=1S/C18H34O5/c1-3-5-7-9-11-13-18(23,14-16(20)21)17(22)15(19)12-10-8-6-4-2/h15,19,23H,3-14H2,1-2H3,(H,20,21). The maximum Gasteiger partial charge on any atom is 0.306 e. The Bertz CT molecular complexity index is 342. The Morgan fingerprint density at radius 1 is 0.913 bits per heavy atom. The largest absolute Gasteiger partial charge is 0.481 e. The minimum absolute atomic E-state index is 0.105. The molecule has 0 amide bonds. The molecule has 3 N–H and O–H groups in total. The van der Waals surface area contributed by atoms with E-state index in [9.17, 15) is 19.8 Å². The fourth-order valence-corrected chi connectivity index (χ4v) is 2.78. The van der Waals surface area contributed by atoms with Crippen LogP contribution in [0.5, 0.6) is 0 Å². The first-order valence-corrected chi connectivity index (χ1v) is 9.04. The first-order valence-electron chi connectivity index (χ1n) is 9.04. The van der Waals surface area contributed by atoms with Crippen LogP contribution in [0.15, 0.2) is 0 Å². The van der Waals surface area contributed by atoms with Gasteiger partial charge in [-0.25, -0.2) is 0 Å². The van der Waals surface area contributed by atoms with Crippen molar-refractivity contribution in [1.82, 2.24) is 0 Å². The quantitative estimate of drug-likeness (QED) is 0.400. The number of rotatable bonds is 15. The lowest BCUT2D eigenvalue weighted by molar-refractivity contribution is -0.157. The summed E-state index contributed by atoms with van der Waals surface area (Å²) in [5.74, 6) is -1.94. The van der Waals surface area contributed by atoms with Crippen molar-refractivity contribution in [1.29, 1.82) is 0 Å². The topological polar surface area (TPSA) is 94.8 Å². The van der Waals surface area contributed by atoms with Crippen LogP contribution in [0, 0.1) is 0 Å². The van der Waals surface area contributed by atoms with Gasteiger partial charge in [0, 0.05) is 0 Å². The van der Waals surface area contributed by atoms with Crippen molar-refractivity contribution in [3.63, 3.8) is 0 Å². The van der Waals surface area contributed by atoms with Crippen molar-refractivity contribution in [2.24, 2.45) is 0 Å². The fraction of sp³-hybridized carbons (Fsp3) is 0.889. The summed E-state index contributed by atoms with van der Waals surface area (Å²) in [5.41, 5.74) is -1.94. The molecule has 0 bridgehead atoms. The molecule has 0 aliphatic rings. The van der Waals surface area contributed by atoms with E-state index < -0.39 is 29.9 Å². The normalized spacial score (nSPS) is 15.1. The molecular formula is C18H34O5. The van der Waals surface area contributed by atoms with Gasteiger partial charge in [0.15, 0.2) is 5.78 Å². The van der Waals surface area contributed by atoms with Crippen molar-refractivity contribution in [3.05, 3.63) is 0 Å². The lowest BCUT2D eigenvalue weighted by Crippen LogP contribution is -2.46. The van der Waals surface area contributed by atoms with Crippen LogP contribution in [-0.4, -0.2) is 38.8 Å². The van der Waals surface area contributed by atoms with E-state index in [1.165, 1.54) is 0 Å². The zero-order valence-electron chi connectivity index (χ0n) is 14.7. The number of carboxylic acids is 1. The summed E-state index contributed by atoms with van der Waals surface area (Å²) in [7, 11) is 0. The van der Waals surface area contributed by atoms with Gasteiger partial charge < -0.3 is 15.3 Å². The molecule has 0 rings (SSSR count). The van der Waals surface area contributed by atoms with Crippen LogP contribution in [0.2, 0.25) is 0 Å². The van der Waals surface area contributed by atoms with Gasteiger partial charge in [0.05, 0.1) is 6.42 Å².